The predicted octanol–water partition coefficient (Wildman–Crippen LogP) is 4.72. The molecule has 0 bridgehead atoms. The minimum Gasteiger partial charge on any atom is -0.481 e. The summed E-state index contributed by atoms with van der Waals surface area (Å²) in [5.74, 6) is 0.520. The van der Waals surface area contributed by atoms with Gasteiger partial charge in [0.15, 0.2) is 6.61 Å². The topological polar surface area (TPSA) is 88.0 Å². The van der Waals surface area contributed by atoms with Crippen LogP contribution in [0.4, 0.5) is 0 Å². The number of nitrogens with one attached hydrogen (secondary N) is 1. The van der Waals surface area contributed by atoms with Crippen molar-refractivity contribution in [1.82, 2.24) is 9.97 Å². The molecule has 1 N–H and O–H groups in total. The van der Waals surface area contributed by atoms with E-state index in [0.717, 1.165) is 21.8 Å². The van der Waals surface area contributed by atoms with Gasteiger partial charge in [0, 0.05) is 5.56 Å². The van der Waals surface area contributed by atoms with Gasteiger partial charge in [-0.15, -0.1) is 0 Å². The molecule has 3 aromatic carbocycles. The molecular weight excluding hydrogens is 378 g/mol. The van der Waals surface area contributed by atoms with Crippen molar-refractivity contribution >= 4 is 39.4 Å². The molecule has 0 saturated carbocycles. The van der Waals surface area contributed by atoms with E-state index in [-0.39, 0.29) is 13.2 Å². The van der Waals surface area contributed by atoms with Crippen LogP contribution in [0.3, 0.4) is 0 Å². The minimum atomic E-state index is -0.446. The number of nitrogens with zero attached hydrogens (tertiary/aromatic N) is 2. The van der Waals surface area contributed by atoms with Crippen LogP contribution in [0.1, 0.15) is 18.3 Å². The number of fused-ring (bicyclic) bond motifs is 2. The molecule has 0 atom stereocenters. The van der Waals surface area contributed by atoms with Crippen LogP contribution < -0.4 is 4.74 Å². The number of rotatable bonds is 6. The Bertz CT molecular complexity index is 1270. The Hall–Kier alpha value is -4.11. The van der Waals surface area contributed by atoms with E-state index in [2.05, 4.69) is 16.0 Å². The Morgan fingerprint density at radius 2 is 1.93 bits per heavy atom. The average molecular weight is 397 g/mol. The molecular formula is C24H19N3O3. The second-order valence-electron chi connectivity index (χ2n) is 6.56. The number of hydrogen-bond donors (Lipinski definition) is 1. The fourth-order valence-electron chi connectivity index (χ4n) is 3.27. The number of aromatic amines is 1. The van der Waals surface area contributed by atoms with Crippen molar-refractivity contribution in [1.29, 1.82) is 5.26 Å². The van der Waals surface area contributed by atoms with Gasteiger partial charge in [0.1, 0.15) is 17.6 Å². The number of carbonyl (C=O) groups is 1. The van der Waals surface area contributed by atoms with E-state index < -0.39 is 5.97 Å². The second kappa shape index (κ2) is 8.50. The molecule has 6 nitrogen and oxygen atoms in total. The van der Waals surface area contributed by atoms with Crippen molar-refractivity contribution in [3.63, 3.8) is 0 Å². The molecule has 30 heavy (non-hydrogen) atoms. The first-order valence-corrected chi connectivity index (χ1v) is 9.56. The zero-order valence-electron chi connectivity index (χ0n) is 16.4. The molecule has 0 fully saturated rings. The quantitative estimate of drug-likeness (QED) is 0.376. The van der Waals surface area contributed by atoms with Gasteiger partial charge in [0.25, 0.3) is 0 Å². The Balaban J connectivity index is 1.81. The Labute approximate surface area is 173 Å². The van der Waals surface area contributed by atoms with Crippen LogP contribution in [-0.4, -0.2) is 29.2 Å². The third kappa shape index (κ3) is 3.87. The average Bonchev–Trinajstić information content (AvgIpc) is 3.20. The van der Waals surface area contributed by atoms with Crippen molar-refractivity contribution in [3.8, 4) is 11.8 Å². The number of carbonyl (C=O) groups excluding carboxylic acids is 1. The van der Waals surface area contributed by atoms with E-state index in [1.807, 2.05) is 54.6 Å². The summed E-state index contributed by atoms with van der Waals surface area (Å²) < 4.78 is 10.7. The van der Waals surface area contributed by atoms with Crippen LogP contribution in [0, 0.1) is 11.3 Å². The highest BCUT2D eigenvalue weighted by Crippen LogP contribution is 2.32. The molecule has 0 saturated heterocycles. The molecule has 4 rings (SSSR count). The van der Waals surface area contributed by atoms with Crippen molar-refractivity contribution in [2.24, 2.45) is 0 Å². The Morgan fingerprint density at radius 1 is 1.13 bits per heavy atom. The third-order valence-electron chi connectivity index (χ3n) is 4.64. The lowest BCUT2D eigenvalue weighted by molar-refractivity contribution is -0.145. The first-order chi connectivity index (χ1) is 14.7. The lowest BCUT2D eigenvalue weighted by atomic mass is 10.0. The third-order valence-corrected chi connectivity index (χ3v) is 4.64. The van der Waals surface area contributed by atoms with Gasteiger partial charge in [-0.1, -0.05) is 42.5 Å². The smallest absolute Gasteiger partial charge is 0.344 e. The summed E-state index contributed by atoms with van der Waals surface area (Å²) in [6.07, 6.45) is 1.74. The monoisotopic (exact) mass is 397 g/mol. The molecule has 0 unspecified atom stereocenters. The highest BCUT2D eigenvalue weighted by Gasteiger charge is 2.13. The van der Waals surface area contributed by atoms with Gasteiger partial charge in [0.05, 0.1) is 23.2 Å². The molecule has 4 aromatic rings. The fourth-order valence-corrected chi connectivity index (χ4v) is 3.27. The standard InChI is InChI=1S/C24H19N3O3/c1-2-29-23(28)15-30-22-12-11-16-7-3-4-8-18(16)19(22)13-17(14-25)24-26-20-9-5-6-10-21(20)27-24/h3-13H,2,15H2,1H3,(H,26,27)/b17-13+. The predicted molar refractivity (Wildman–Crippen MR) is 116 cm³/mol. The van der Waals surface area contributed by atoms with E-state index in [1.54, 1.807) is 19.1 Å². The Kier molecular flexibility index (Phi) is 5.44. The van der Waals surface area contributed by atoms with Gasteiger partial charge >= 0.3 is 5.97 Å². The highest BCUT2D eigenvalue weighted by molar-refractivity contribution is 6.00. The van der Waals surface area contributed by atoms with Crippen molar-refractivity contribution in [3.05, 3.63) is 72.1 Å². The highest BCUT2D eigenvalue weighted by atomic mass is 16.6. The summed E-state index contributed by atoms with van der Waals surface area (Å²) in [6.45, 7) is 1.82. The molecule has 0 radical (unpaired) electrons. The van der Waals surface area contributed by atoms with E-state index in [0.29, 0.717) is 22.7 Å². The number of benzene rings is 3. The van der Waals surface area contributed by atoms with Crippen molar-refractivity contribution in [2.75, 3.05) is 13.2 Å². The molecule has 0 amide bonds. The number of para-hydroxylation sites is 2. The maximum atomic E-state index is 11.8. The van der Waals surface area contributed by atoms with Crippen LogP contribution in [0.25, 0.3) is 33.5 Å². The molecule has 1 aromatic heterocycles. The van der Waals surface area contributed by atoms with Gasteiger partial charge in [-0.25, -0.2) is 9.78 Å². The van der Waals surface area contributed by atoms with Crippen LogP contribution in [0.2, 0.25) is 0 Å². The maximum Gasteiger partial charge on any atom is 0.344 e. The largest absolute Gasteiger partial charge is 0.481 e. The first-order valence-electron chi connectivity index (χ1n) is 9.56. The molecule has 0 aliphatic carbocycles. The van der Waals surface area contributed by atoms with Gasteiger partial charge in [-0.2, -0.15) is 5.26 Å². The summed E-state index contributed by atoms with van der Waals surface area (Å²) in [6, 6.07) is 21.3. The van der Waals surface area contributed by atoms with Gasteiger partial charge in [-0.3, -0.25) is 0 Å². The van der Waals surface area contributed by atoms with E-state index in [9.17, 15) is 10.1 Å². The zero-order chi connectivity index (χ0) is 20.9. The summed E-state index contributed by atoms with van der Waals surface area (Å²) in [5.41, 5.74) is 2.70. The van der Waals surface area contributed by atoms with Crippen LogP contribution in [-0.2, 0) is 9.53 Å². The summed E-state index contributed by atoms with van der Waals surface area (Å²) in [7, 11) is 0. The number of ether oxygens (including phenoxy) is 2. The molecule has 0 aliphatic rings. The number of nitriles is 1. The fraction of sp³-hybridized carbons (Fsp3) is 0.125. The van der Waals surface area contributed by atoms with Crippen LogP contribution >= 0.6 is 0 Å². The van der Waals surface area contributed by atoms with Crippen molar-refractivity contribution in [2.45, 2.75) is 6.92 Å². The number of allylic oxidation sites excluding steroid dienone is 1. The van der Waals surface area contributed by atoms with Crippen molar-refractivity contribution < 1.29 is 14.3 Å². The number of H-pyrrole nitrogens is 1. The zero-order valence-corrected chi connectivity index (χ0v) is 16.4. The molecule has 0 spiro atoms. The van der Waals surface area contributed by atoms with Crippen LogP contribution in [0.5, 0.6) is 5.75 Å². The summed E-state index contributed by atoms with van der Waals surface area (Å²) in [4.78, 5) is 19.5. The summed E-state index contributed by atoms with van der Waals surface area (Å²) in [5, 5.41) is 11.7. The van der Waals surface area contributed by atoms with E-state index >= 15 is 0 Å². The maximum absolute atomic E-state index is 11.8. The number of esters is 1. The SMILES string of the molecule is CCOC(=O)COc1ccc2ccccc2c1/C=C(\C#N)c1nc2ccccc2[nH]1. The molecule has 1 heterocycles. The van der Waals surface area contributed by atoms with E-state index in [1.165, 1.54) is 0 Å². The normalized spacial score (nSPS) is 11.4. The second-order valence-corrected chi connectivity index (χ2v) is 6.56. The lowest BCUT2D eigenvalue weighted by Gasteiger charge is -2.12. The molecule has 0 aliphatic heterocycles. The first kappa shape index (κ1) is 19.2. The van der Waals surface area contributed by atoms with Crippen LogP contribution in [0.15, 0.2) is 60.7 Å². The van der Waals surface area contributed by atoms with Gasteiger partial charge in [-0.05, 0) is 42.0 Å². The lowest BCUT2D eigenvalue weighted by Crippen LogP contribution is -2.15. The molecule has 148 valence electrons. The van der Waals surface area contributed by atoms with Gasteiger partial charge < -0.3 is 14.5 Å². The summed E-state index contributed by atoms with van der Waals surface area (Å²) >= 11 is 0. The van der Waals surface area contributed by atoms with E-state index in [4.69, 9.17) is 9.47 Å². The Morgan fingerprint density at radius 3 is 2.73 bits per heavy atom. The van der Waals surface area contributed by atoms with Gasteiger partial charge in [0.2, 0.25) is 0 Å². The number of aromatic nitrogens is 2. The number of hydrogen-bond acceptors (Lipinski definition) is 5. The minimum absolute atomic E-state index is 0.209. The number of imidazole rings is 1. The molecule has 6 heteroatoms.